The summed E-state index contributed by atoms with van der Waals surface area (Å²) in [5, 5.41) is 10.4. The number of nitrogens with one attached hydrogen (secondary N) is 3. The fourth-order valence-electron chi connectivity index (χ4n) is 3.75. The highest BCUT2D eigenvalue weighted by Crippen LogP contribution is 2.32. The van der Waals surface area contributed by atoms with Crippen LogP contribution in [0.4, 0.5) is 30.6 Å². The average Bonchev–Trinajstić information content (AvgIpc) is 3.42. The van der Waals surface area contributed by atoms with Gasteiger partial charge in [-0.15, -0.1) is 0 Å². The van der Waals surface area contributed by atoms with E-state index in [1.54, 1.807) is 24.1 Å². The minimum absolute atomic E-state index is 0.0432. The van der Waals surface area contributed by atoms with Crippen molar-refractivity contribution in [3.05, 3.63) is 23.6 Å². The van der Waals surface area contributed by atoms with Crippen molar-refractivity contribution in [2.45, 2.75) is 37.4 Å². The number of aromatic nitrogens is 4. The Kier molecular flexibility index (Phi) is 6.92. The van der Waals surface area contributed by atoms with Crippen LogP contribution >= 0.6 is 11.6 Å². The van der Waals surface area contributed by atoms with Gasteiger partial charge in [-0.3, -0.25) is 4.68 Å². The number of anilines is 3. The Hall–Kier alpha value is -2.20. The van der Waals surface area contributed by atoms with Crippen LogP contribution in [0.1, 0.15) is 6.92 Å². The molecule has 34 heavy (non-hydrogen) atoms. The van der Waals surface area contributed by atoms with Gasteiger partial charge in [0.25, 0.3) is 0 Å². The lowest BCUT2D eigenvalue weighted by molar-refractivity contribution is -0.163. The molecule has 2 aromatic heterocycles. The third-order valence-corrected chi connectivity index (χ3v) is 7.32. The van der Waals surface area contributed by atoms with E-state index in [9.17, 15) is 21.6 Å². The molecular weight excluding hydrogens is 503 g/mol. The Labute approximate surface area is 198 Å². The van der Waals surface area contributed by atoms with Crippen LogP contribution in [0.25, 0.3) is 0 Å². The molecule has 3 unspecified atom stereocenters. The number of halogens is 4. The van der Waals surface area contributed by atoms with Gasteiger partial charge >= 0.3 is 6.18 Å². The van der Waals surface area contributed by atoms with E-state index < -0.39 is 52.2 Å². The lowest BCUT2D eigenvalue weighted by Crippen LogP contribution is -2.46. The summed E-state index contributed by atoms with van der Waals surface area (Å²) in [5.41, 5.74) is 0.675. The molecule has 3 N–H and O–H groups in total. The van der Waals surface area contributed by atoms with Gasteiger partial charge < -0.3 is 20.1 Å². The Morgan fingerprint density at radius 3 is 2.56 bits per heavy atom. The highest BCUT2D eigenvalue weighted by Gasteiger charge is 2.49. The van der Waals surface area contributed by atoms with Crippen molar-refractivity contribution in [1.82, 2.24) is 24.5 Å². The Morgan fingerprint density at radius 2 is 1.91 bits per heavy atom. The van der Waals surface area contributed by atoms with E-state index in [4.69, 9.17) is 21.1 Å². The molecule has 0 aliphatic carbocycles. The molecule has 2 aliphatic heterocycles. The first-order valence-electron chi connectivity index (χ1n) is 10.3. The first kappa shape index (κ1) is 24.9. The summed E-state index contributed by atoms with van der Waals surface area (Å²) in [6, 6.07) is -1.24. The van der Waals surface area contributed by atoms with Gasteiger partial charge in [-0.25, -0.2) is 18.1 Å². The lowest BCUT2D eigenvalue weighted by atomic mass is 10.1. The van der Waals surface area contributed by atoms with Crippen LogP contribution in [-0.4, -0.2) is 77.6 Å². The van der Waals surface area contributed by atoms with E-state index in [2.05, 4.69) is 30.4 Å². The molecule has 0 saturated carbocycles. The van der Waals surface area contributed by atoms with Crippen molar-refractivity contribution < 1.29 is 31.1 Å². The summed E-state index contributed by atoms with van der Waals surface area (Å²) < 4.78 is 78.1. The largest absolute Gasteiger partial charge is 0.392 e. The molecule has 2 aliphatic rings. The van der Waals surface area contributed by atoms with E-state index in [1.807, 2.05) is 0 Å². The zero-order valence-electron chi connectivity index (χ0n) is 18.1. The number of aryl methyl sites for hydroxylation is 1. The zero-order valence-corrected chi connectivity index (χ0v) is 19.7. The molecule has 0 radical (unpaired) electrons. The number of nitrogens with zero attached hydrogens (tertiary/aromatic N) is 4. The number of hydrogen-bond acceptors (Lipinski definition) is 9. The molecule has 16 heteroatoms. The number of rotatable bonds is 8. The minimum Gasteiger partial charge on any atom is -0.371 e. The summed E-state index contributed by atoms with van der Waals surface area (Å²) >= 11 is 6.23. The van der Waals surface area contributed by atoms with Crippen LogP contribution in [0.5, 0.6) is 0 Å². The molecule has 4 heterocycles. The van der Waals surface area contributed by atoms with E-state index in [0.717, 1.165) is 6.92 Å². The fourth-order valence-corrected chi connectivity index (χ4v) is 5.50. The fraction of sp³-hybridized carbons (Fsp3) is 0.611. The van der Waals surface area contributed by atoms with E-state index >= 15 is 0 Å². The summed E-state index contributed by atoms with van der Waals surface area (Å²) in [4.78, 5) is 8.48. The van der Waals surface area contributed by atoms with Gasteiger partial charge in [0.2, 0.25) is 16.0 Å². The maximum atomic E-state index is 12.8. The smallest absolute Gasteiger partial charge is 0.371 e. The maximum absolute atomic E-state index is 12.8. The predicted octanol–water partition coefficient (Wildman–Crippen LogP) is 1.67. The second-order valence-corrected chi connectivity index (χ2v) is 10.4. The number of ether oxygens (including phenoxy) is 2. The van der Waals surface area contributed by atoms with Crippen LogP contribution < -0.4 is 15.4 Å². The van der Waals surface area contributed by atoms with Crippen molar-refractivity contribution in [2.24, 2.45) is 13.0 Å². The van der Waals surface area contributed by atoms with Crippen LogP contribution in [0, 0.1) is 5.92 Å². The number of fused-ring (bicyclic) bond motifs is 1. The molecule has 0 amide bonds. The third kappa shape index (κ3) is 5.71. The summed E-state index contributed by atoms with van der Waals surface area (Å²) in [6.45, 7) is 0.929. The highest BCUT2D eigenvalue weighted by molar-refractivity contribution is 7.89. The lowest BCUT2D eigenvalue weighted by Gasteiger charge is -2.20. The molecule has 2 aromatic rings. The molecule has 0 spiro atoms. The topological polar surface area (TPSA) is 132 Å². The normalized spacial score (nSPS) is 25.8. The van der Waals surface area contributed by atoms with E-state index in [-0.39, 0.29) is 24.2 Å². The van der Waals surface area contributed by atoms with Crippen molar-refractivity contribution in [1.29, 1.82) is 0 Å². The molecule has 188 valence electrons. The maximum Gasteiger partial charge on any atom is 0.392 e. The van der Waals surface area contributed by atoms with Crippen LogP contribution in [0.3, 0.4) is 0 Å². The summed E-state index contributed by atoms with van der Waals surface area (Å²) in [6.07, 6.45) is -1.09. The number of hydrogen-bond donors (Lipinski definition) is 3. The molecule has 5 atom stereocenters. The summed E-state index contributed by atoms with van der Waals surface area (Å²) in [7, 11) is -2.44. The standard InChI is InChI=1S/C18H23ClF3N7O4S/c1-9(18(20,21)22)8-34(30,31)28-13-7-33-14-12(6-32-15(13)14)26-16-11(19)4-23-17(27-16)25-10-3-24-29(2)5-10/h3-5,9,12-15,28H,6-8H2,1-2H3,(H2,23,25,26,27)/t9?,12-,13+,14?,15?/m1/s1. The monoisotopic (exact) mass is 525 g/mol. The first-order chi connectivity index (χ1) is 15.9. The van der Waals surface area contributed by atoms with Crippen molar-refractivity contribution in [3.8, 4) is 0 Å². The van der Waals surface area contributed by atoms with E-state index in [1.165, 1.54) is 6.20 Å². The van der Waals surface area contributed by atoms with Gasteiger partial charge in [-0.2, -0.15) is 23.3 Å². The first-order valence-corrected chi connectivity index (χ1v) is 12.3. The van der Waals surface area contributed by atoms with Crippen LogP contribution in [0.15, 0.2) is 18.6 Å². The zero-order chi connectivity index (χ0) is 24.7. The molecule has 2 saturated heterocycles. The van der Waals surface area contributed by atoms with Gasteiger partial charge in [0, 0.05) is 13.2 Å². The van der Waals surface area contributed by atoms with Gasteiger partial charge in [0.05, 0.1) is 55.0 Å². The quantitative estimate of drug-likeness (QED) is 0.470. The summed E-state index contributed by atoms with van der Waals surface area (Å²) in [5.74, 6) is -2.50. The predicted molar refractivity (Wildman–Crippen MR) is 116 cm³/mol. The average molecular weight is 526 g/mol. The molecular formula is C18H23ClF3N7O4S. The van der Waals surface area contributed by atoms with Crippen molar-refractivity contribution >= 4 is 39.1 Å². The Balaban J connectivity index is 1.39. The van der Waals surface area contributed by atoms with Gasteiger partial charge in [-0.1, -0.05) is 18.5 Å². The molecule has 4 rings (SSSR count). The van der Waals surface area contributed by atoms with Crippen molar-refractivity contribution in [3.63, 3.8) is 0 Å². The Morgan fingerprint density at radius 1 is 1.24 bits per heavy atom. The highest BCUT2D eigenvalue weighted by atomic mass is 35.5. The van der Waals surface area contributed by atoms with Crippen LogP contribution in [-0.2, 0) is 26.5 Å². The minimum atomic E-state index is -4.61. The van der Waals surface area contributed by atoms with Gasteiger partial charge in [-0.05, 0) is 0 Å². The van der Waals surface area contributed by atoms with Crippen LogP contribution in [0.2, 0.25) is 5.02 Å². The number of alkyl halides is 3. The second-order valence-electron chi connectivity index (χ2n) is 8.21. The molecule has 11 nitrogen and oxygen atoms in total. The molecule has 2 fully saturated rings. The number of sulfonamides is 1. The van der Waals surface area contributed by atoms with E-state index in [0.29, 0.717) is 11.5 Å². The van der Waals surface area contributed by atoms with Gasteiger partial charge in [0.1, 0.15) is 17.2 Å². The Bertz CT molecular complexity index is 1130. The SMILES string of the molecule is CC(CS(=O)(=O)N[C@H]1COC2C1OC[C@H]2Nc1nc(Nc2cnn(C)c2)ncc1Cl)C(F)(F)F. The van der Waals surface area contributed by atoms with Crippen molar-refractivity contribution in [2.75, 3.05) is 29.6 Å². The third-order valence-electron chi connectivity index (χ3n) is 5.44. The second kappa shape index (κ2) is 9.45. The van der Waals surface area contributed by atoms with Gasteiger partial charge in [0.15, 0.2) is 5.82 Å². The molecule has 0 aromatic carbocycles. The molecule has 0 bridgehead atoms.